The van der Waals surface area contributed by atoms with Crippen molar-refractivity contribution in [1.82, 2.24) is 24.8 Å². The molecule has 2 aromatic heterocycles. The van der Waals surface area contributed by atoms with Gasteiger partial charge in [0.2, 0.25) is 5.96 Å². The Morgan fingerprint density at radius 1 is 0.912 bits per heavy atom. The van der Waals surface area contributed by atoms with Gasteiger partial charge in [-0.25, -0.2) is 19.7 Å². The second-order valence-corrected chi connectivity index (χ2v) is 8.02. The first-order valence-electron chi connectivity index (χ1n) is 10.7. The number of nitrogens with one attached hydrogen (secondary N) is 3. The highest BCUT2D eigenvalue weighted by Gasteiger charge is 2.23. The number of guanidine groups is 1. The van der Waals surface area contributed by atoms with Crippen molar-refractivity contribution in [2.24, 2.45) is 4.99 Å². The Morgan fingerprint density at radius 2 is 1.53 bits per heavy atom. The van der Waals surface area contributed by atoms with Crippen molar-refractivity contribution < 1.29 is 9.90 Å². The Hall–Kier alpha value is -4.86. The minimum absolute atomic E-state index is 0.325. The molecular weight excluding hydrogens is 432 g/mol. The van der Waals surface area contributed by atoms with E-state index in [4.69, 9.17) is 10.7 Å². The van der Waals surface area contributed by atoms with Gasteiger partial charge in [-0.2, -0.15) is 0 Å². The molecule has 0 fully saturated rings. The number of rotatable bonds is 3. The van der Waals surface area contributed by atoms with E-state index in [-0.39, 0.29) is 0 Å². The van der Waals surface area contributed by atoms with Crippen LogP contribution in [0, 0.1) is 0 Å². The van der Waals surface area contributed by atoms with Crippen LogP contribution in [-0.4, -0.2) is 55.1 Å². The number of nitrogens with zero attached hydrogens (tertiary/aromatic N) is 4. The average molecular weight is 452 g/mol. The maximum Gasteiger partial charge on any atom is 0.414 e. The minimum atomic E-state index is -1.03. The monoisotopic (exact) mass is 452 g/mol. The molecule has 1 amide bonds. The van der Waals surface area contributed by atoms with Crippen molar-refractivity contribution in [2.75, 3.05) is 24.1 Å². The summed E-state index contributed by atoms with van der Waals surface area (Å²) in [6.07, 6.45) is -1.03. The maximum atomic E-state index is 11.3. The Labute approximate surface area is 193 Å². The molecular formula is C24H20N8O2. The van der Waals surface area contributed by atoms with Crippen molar-refractivity contribution in [2.45, 2.75) is 0 Å². The first kappa shape index (κ1) is 19.8. The molecule has 1 aliphatic heterocycles. The van der Waals surface area contributed by atoms with Gasteiger partial charge in [-0.3, -0.25) is 4.99 Å². The van der Waals surface area contributed by atoms with Crippen LogP contribution in [0.2, 0.25) is 0 Å². The zero-order valence-electron chi connectivity index (χ0n) is 17.9. The standard InChI is InChI=1S/C24H20N8O2/c25-15-5-7-17-19(11-15)30-21(28-17)13-1-3-14(4-2-13)22-29-18-8-6-16(12-20(18)31-22)27-23-26-9-10-32(23)24(33)34/h1-8,11-12H,9-10,25H2,(H,26,27)(H,28,30)(H,29,31)(H,33,34). The number of fused-ring (bicyclic) bond motifs is 2. The van der Waals surface area contributed by atoms with E-state index in [1.807, 2.05) is 60.7 Å². The summed E-state index contributed by atoms with van der Waals surface area (Å²) in [5, 5.41) is 12.4. The fourth-order valence-corrected chi connectivity index (χ4v) is 4.04. The molecule has 6 rings (SSSR count). The van der Waals surface area contributed by atoms with E-state index in [1.54, 1.807) is 0 Å². The van der Waals surface area contributed by atoms with Crippen LogP contribution < -0.4 is 11.1 Å². The van der Waals surface area contributed by atoms with Gasteiger partial charge >= 0.3 is 6.09 Å². The van der Waals surface area contributed by atoms with Gasteiger partial charge in [0.15, 0.2) is 0 Å². The number of nitrogens with two attached hydrogens (primary N) is 1. The zero-order chi connectivity index (χ0) is 23.2. The molecule has 3 heterocycles. The second-order valence-electron chi connectivity index (χ2n) is 8.02. The third-order valence-electron chi connectivity index (χ3n) is 5.75. The zero-order valence-corrected chi connectivity index (χ0v) is 17.9. The van der Waals surface area contributed by atoms with Gasteiger partial charge in [0.25, 0.3) is 0 Å². The van der Waals surface area contributed by atoms with Crippen LogP contribution in [0.15, 0.2) is 65.7 Å². The van der Waals surface area contributed by atoms with Crippen LogP contribution in [0.4, 0.5) is 16.2 Å². The lowest BCUT2D eigenvalue weighted by atomic mass is 10.1. The molecule has 3 aromatic carbocycles. The van der Waals surface area contributed by atoms with Crippen LogP contribution >= 0.6 is 0 Å². The lowest BCUT2D eigenvalue weighted by molar-refractivity contribution is 0.172. The average Bonchev–Trinajstić information content (AvgIpc) is 3.56. The summed E-state index contributed by atoms with van der Waals surface area (Å²) < 4.78 is 0. The van der Waals surface area contributed by atoms with E-state index in [2.05, 4.69) is 25.3 Å². The molecule has 0 saturated carbocycles. The van der Waals surface area contributed by atoms with Gasteiger partial charge in [0.05, 0.1) is 35.2 Å². The third-order valence-corrected chi connectivity index (χ3v) is 5.75. The van der Waals surface area contributed by atoms with Crippen molar-refractivity contribution in [3.8, 4) is 22.8 Å². The number of aliphatic imine (C=N–C) groups is 1. The number of aromatic amines is 2. The molecule has 0 spiro atoms. The van der Waals surface area contributed by atoms with Gasteiger partial charge in [0, 0.05) is 22.5 Å². The first-order valence-corrected chi connectivity index (χ1v) is 10.7. The highest BCUT2D eigenvalue weighted by Crippen LogP contribution is 2.27. The van der Waals surface area contributed by atoms with Crippen molar-refractivity contribution in [1.29, 1.82) is 0 Å². The minimum Gasteiger partial charge on any atom is -0.465 e. The fraction of sp³-hybridized carbons (Fsp3) is 0.0833. The molecule has 0 atom stereocenters. The number of imidazole rings is 2. The molecule has 10 heteroatoms. The maximum absolute atomic E-state index is 11.3. The molecule has 0 bridgehead atoms. The van der Waals surface area contributed by atoms with Gasteiger partial charge < -0.3 is 26.1 Å². The first-order chi connectivity index (χ1) is 16.5. The van der Waals surface area contributed by atoms with Gasteiger partial charge in [-0.15, -0.1) is 0 Å². The molecule has 0 unspecified atom stereocenters. The normalized spacial score (nSPS) is 13.5. The van der Waals surface area contributed by atoms with Crippen molar-refractivity contribution in [3.05, 3.63) is 60.7 Å². The molecule has 5 aromatic rings. The number of hydrogen-bond acceptors (Lipinski definition) is 6. The van der Waals surface area contributed by atoms with E-state index in [0.717, 1.165) is 50.5 Å². The van der Waals surface area contributed by atoms with Crippen LogP contribution in [-0.2, 0) is 0 Å². The quantitative estimate of drug-likeness (QED) is 0.260. The number of H-pyrrole nitrogens is 2. The topological polar surface area (TPSA) is 148 Å². The lowest BCUT2D eigenvalue weighted by Gasteiger charge is -2.15. The van der Waals surface area contributed by atoms with E-state index in [0.29, 0.717) is 24.7 Å². The SMILES string of the molecule is Nc1ccc2[nH]c(-c3ccc(-c4nc5cc(NC6=NCCN6C(=O)O)ccc5[nH]4)cc3)nc2c1. The van der Waals surface area contributed by atoms with E-state index in [9.17, 15) is 9.90 Å². The van der Waals surface area contributed by atoms with E-state index in [1.165, 1.54) is 4.90 Å². The van der Waals surface area contributed by atoms with Crippen molar-refractivity contribution >= 4 is 45.5 Å². The summed E-state index contributed by atoms with van der Waals surface area (Å²) in [4.78, 5) is 32.7. The third kappa shape index (κ3) is 3.47. The van der Waals surface area contributed by atoms with Crippen LogP contribution in [0.25, 0.3) is 44.8 Å². The number of benzene rings is 3. The van der Waals surface area contributed by atoms with Crippen LogP contribution in [0.1, 0.15) is 0 Å². The highest BCUT2D eigenvalue weighted by atomic mass is 16.4. The summed E-state index contributed by atoms with van der Waals surface area (Å²) in [6, 6.07) is 19.2. The van der Waals surface area contributed by atoms with E-state index < -0.39 is 6.09 Å². The number of aromatic nitrogens is 4. The number of anilines is 2. The van der Waals surface area contributed by atoms with Gasteiger partial charge in [-0.05, 0) is 36.4 Å². The predicted molar refractivity (Wildman–Crippen MR) is 132 cm³/mol. The smallest absolute Gasteiger partial charge is 0.414 e. The predicted octanol–water partition coefficient (Wildman–Crippen LogP) is 4.12. The molecule has 1 aliphatic rings. The number of hydrogen-bond donors (Lipinski definition) is 5. The molecule has 168 valence electrons. The van der Waals surface area contributed by atoms with E-state index >= 15 is 0 Å². The number of nitrogen functional groups attached to an aromatic ring is 1. The summed E-state index contributed by atoms with van der Waals surface area (Å²) in [7, 11) is 0. The summed E-state index contributed by atoms with van der Waals surface area (Å²) >= 11 is 0. The summed E-state index contributed by atoms with van der Waals surface area (Å²) in [5.41, 5.74) is 12.6. The molecule has 34 heavy (non-hydrogen) atoms. The fourth-order valence-electron chi connectivity index (χ4n) is 4.04. The Balaban J connectivity index is 1.25. The van der Waals surface area contributed by atoms with Gasteiger partial charge in [-0.1, -0.05) is 24.3 Å². The summed E-state index contributed by atoms with van der Waals surface area (Å²) in [6.45, 7) is 0.798. The van der Waals surface area contributed by atoms with Crippen LogP contribution in [0.5, 0.6) is 0 Å². The summed E-state index contributed by atoms with van der Waals surface area (Å²) in [5.74, 6) is 1.84. The molecule has 10 nitrogen and oxygen atoms in total. The number of carboxylic acid groups (broad SMARTS) is 1. The molecule has 0 aliphatic carbocycles. The lowest BCUT2D eigenvalue weighted by Crippen LogP contribution is -2.37. The Morgan fingerprint density at radius 3 is 2.18 bits per heavy atom. The number of carbonyl (C=O) groups is 1. The van der Waals surface area contributed by atoms with Gasteiger partial charge in [0.1, 0.15) is 11.6 Å². The Kier molecular flexibility index (Phi) is 4.44. The number of amides is 1. The second kappa shape index (κ2) is 7.62. The van der Waals surface area contributed by atoms with Crippen molar-refractivity contribution in [3.63, 3.8) is 0 Å². The Bertz CT molecular complexity index is 1580. The molecule has 6 N–H and O–H groups in total. The molecule has 0 saturated heterocycles. The van der Waals surface area contributed by atoms with Crippen LogP contribution in [0.3, 0.4) is 0 Å². The molecule has 0 radical (unpaired) electrons. The largest absolute Gasteiger partial charge is 0.465 e. The highest BCUT2D eigenvalue weighted by molar-refractivity contribution is 6.03.